The molecule has 0 saturated carbocycles. The predicted molar refractivity (Wildman–Crippen MR) is 85.5 cm³/mol. The zero-order valence-electron chi connectivity index (χ0n) is 12.4. The highest BCUT2D eigenvalue weighted by atomic mass is 16.5. The van der Waals surface area contributed by atoms with Gasteiger partial charge in [0, 0.05) is 16.8 Å². The van der Waals surface area contributed by atoms with E-state index in [0.717, 1.165) is 0 Å². The molecule has 0 saturated heterocycles. The molecule has 2 rings (SSSR count). The molecule has 0 heterocycles. The number of amides is 1. The van der Waals surface area contributed by atoms with E-state index in [1.54, 1.807) is 56.7 Å². The standard InChI is InChI=1S/C16H17N3O3/c1-21-14-7-8-15(22-2)12(9-14)10-18-19-16(20)11-3-5-13(17)6-4-11/h3-10H,17H2,1-2H3,(H,19,20)/b18-10+. The lowest BCUT2D eigenvalue weighted by atomic mass is 10.2. The number of carbonyl (C=O) groups excluding carboxylic acids is 1. The van der Waals surface area contributed by atoms with Gasteiger partial charge in [0.1, 0.15) is 11.5 Å². The summed E-state index contributed by atoms with van der Waals surface area (Å²) in [7, 11) is 3.14. The molecular weight excluding hydrogens is 282 g/mol. The number of hydrazone groups is 1. The lowest BCUT2D eigenvalue weighted by molar-refractivity contribution is 0.0955. The normalized spacial score (nSPS) is 10.5. The van der Waals surface area contributed by atoms with Crippen LogP contribution in [-0.4, -0.2) is 26.3 Å². The summed E-state index contributed by atoms with van der Waals surface area (Å²) < 4.78 is 10.4. The van der Waals surface area contributed by atoms with Crippen LogP contribution in [0.25, 0.3) is 0 Å². The highest BCUT2D eigenvalue weighted by Gasteiger charge is 2.05. The van der Waals surface area contributed by atoms with E-state index >= 15 is 0 Å². The first-order valence-electron chi connectivity index (χ1n) is 6.55. The van der Waals surface area contributed by atoms with Crippen LogP contribution in [0, 0.1) is 0 Å². The number of benzene rings is 2. The summed E-state index contributed by atoms with van der Waals surface area (Å²) in [5, 5.41) is 3.93. The minimum absolute atomic E-state index is 0.321. The van der Waals surface area contributed by atoms with Crippen LogP contribution in [0.2, 0.25) is 0 Å². The molecule has 0 bridgehead atoms. The molecule has 0 aliphatic carbocycles. The molecule has 6 heteroatoms. The molecule has 0 atom stereocenters. The number of anilines is 1. The Morgan fingerprint density at radius 1 is 1.14 bits per heavy atom. The maximum absolute atomic E-state index is 11.9. The van der Waals surface area contributed by atoms with E-state index in [2.05, 4.69) is 10.5 Å². The Hall–Kier alpha value is -3.02. The summed E-state index contributed by atoms with van der Waals surface area (Å²) in [5.74, 6) is 0.983. The van der Waals surface area contributed by atoms with Gasteiger partial charge >= 0.3 is 0 Å². The van der Waals surface area contributed by atoms with Crippen LogP contribution in [0.4, 0.5) is 5.69 Å². The van der Waals surface area contributed by atoms with Crippen molar-refractivity contribution in [3.05, 3.63) is 53.6 Å². The minimum Gasteiger partial charge on any atom is -0.497 e. The number of nitrogens with two attached hydrogens (primary N) is 1. The zero-order chi connectivity index (χ0) is 15.9. The number of hydrogen-bond donors (Lipinski definition) is 2. The molecule has 0 spiro atoms. The van der Waals surface area contributed by atoms with Gasteiger partial charge < -0.3 is 15.2 Å². The van der Waals surface area contributed by atoms with Gasteiger partial charge in [0.25, 0.3) is 5.91 Å². The number of nitrogen functional groups attached to an aromatic ring is 1. The lowest BCUT2D eigenvalue weighted by Crippen LogP contribution is -2.17. The van der Waals surface area contributed by atoms with Gasteiger partial charge in [-0.3, -0.25) is 4.79 Å². The third-order valence-electron chi connectivity index (χ3n) is 2.98. The van der Waals surface area contributed by atoms with Crippen LogP contribution in [0.3, 0.4) is 0 Å². The fourth-order valence-electron chi connectivity index (χ4n) is 1.80. The van der Waals surface area contributed by atoms with Gasteiger partial charge in [-0.25, -0.2) is 5.43 Å². The van der Waals surface area contributed by atoms with Crippen molar-refractivity contribution in [2.24, 2.45) is 5.10 Å². The van der Waals surface area contributed by atoms with Crippen molar-refractivity contribution in [2.75, 3.05) is 20.0 Å². The molecule has 6 nitrogen and oxygen atoms in total. The smallest absolute Gasteiger partial charge is 0.271 e. The monoisotopic (exact) mass is 299 g/mol. The fraction of sp³-hybridized carbons (Fsp3) is 0.125. The first-order valence-corrected chi connectivity index (χ1v) is 6.55. The maximum atomic E-state index is 11.9. The molecule has 0 fully saturated rings. The Kier molecular flexibility index (Phi) is 4.98. The molecule has 0 aliphatic heterocycles. The lowest BCUT2D eigenvalue weighted by Gasteiger charge is -2.06. The molecular formula is C16H17N3O3. The van der Waals surface area contributed by atoms with Crippen LogP contribution in [0.5, 0.6) is 11.5 Å². The van der Waals surface area contributed by atoms with Gasteiger partial charge in [0.2, 0.25) is 0 Å². The largest absolute Gasteiger partial charge is 0.497 e. The van der Waals surface area contributed by atoms with Crippen molar-refractivity contribution < 1.29 is 14.3 Å². The van der Waals surface area contributed by atoms with Gasteiger partial charge in [-0.05, 0) is 42.5 Å². The van der Waals surface area contributed by atoms with E-state index < -0.39 is 0 Å². The summed E-state index contributed by atoms with van der Waals surface area (Å²) in [4.78, 5) is 11.9. The maximum Gasteiger partial charge on any atom is 0.271 e. The molecule has 0 radical (unpaired) electrons. The van der Waals surface area contributed by atoms with Crippen LogP contribution >= 0.6 is 0 Å². The number of nitrogens with zero attached hydrogens (tertiary/aromatic N) is 1. The molecule has 22 heavy (non-hydrogen) atoms. The SMILES string of the molecule is COc1ccc(OC)c(/C=N/NC(=O)c2ccc(N)cc2)c1. The van der Waals surface area contributed by atoms with Gasteiger partial charge in [-0.1, -0.05) is 0 Å². The second kappa shape index (κ2) is 7.12. The molecule has 2 aromatic carbocycles. The molecule has 0 aliphatic rings. The van der Waals surface area contributed by atoms with Crippen molar-refractivity contribution in [3.63, 3.8) is 0 Å². The Morgan fingerprint density at radius 2 is 1.86 bits per heavy atom. The second-order valence-corrected chi connectivity index (χ2v) is 4.43. The molecule has 2 aromatic rings. The van der Waals surface area contributed by atoms with E-state index in [1.807, 2.05) is 0 Å². The van der Waals surface area contributed by atoms with E-state index in [-0.39, 0.29) is 5.91 Å². The fourth-order valence-corrected chi connectivity index (χ4v) is 1.80. The van der Waals surface area contributed by atoms with Gasteiger partial charge in [-0.15, -0.1) is 0 Å². The number of nitrogens with one attached hydrogen (secondary N) is 1. The van der Waals surface area contributed by atoms with E-state index in [1.165, 1.54) is 6.21 Å². The van der Waals surface area contributed by atoms with Crippen molar-refractivity contribution in [2.45, 2.75) is 0 Å². The Balaban J connectivity index is 2.08. The summed E-state index contributed by atoms with van der Waals surface area (Å²) in [6, 6.07) is 11.9. The zero-order valence-corrected chi connectivity index (χ0v) is 12.4. The van der Waals surface area contributed by atoms with Crippen molar-refractivity contribution in [1.82, 2.24) is 5.43 Å². The molecule has 3 N–H and O–H groups in total. The highest BCUT2D eigenvalue weighted by Crippen LogP contribution is 2.22. The van der Waals surface area contributed by atoms with Crippen molar-refractivity contribution in [3.8, 4) is 11.5 Å². The summed E-state index contributed by atoms with van der Waals surface area (Å²) >= 11 is 0. The number of ether oxygens (including phenoxy) is 2. The number of carbonyl (C=O) groups is 1. The van der Waals surface area contributed by atoms with Crippen LogP contribution in [-0.2, 0) is 0 Å². The van der Waals surface area contributed by atoms with Gasteiger partial charge in [0.15, 0.2) is 0 Å². The van der Waals surface area contributed by atoms with E-state index in [0.29, 0.717) is 28.3 Å². The highest BCUT2D eigenvalue weighted by molar-refractivity contribution is 5.95. The first kappa shape index (κ1) is 15.4. The molecule has 0 aromatic heterocycles. The topological polar surface area (TPSA) is 85.9 Å². The summed E-state index contributed by atoms with van der Waals surface area (Å²) in [6.45, 7) is 0. The van der Waals surface area contributed by atoms with Crippen LogP contribution < -0.4 is 20.6 Å². The average Bonchev–Trinajstić information content (AvgIpc) is 2.55. The summed E-state index contributed by atoms with van der Waals surface area (Å²) in [5.41, 5.74) is 9.79. The molecule has 1 amide bonds. The van der Waals surface area contributed by atoms with Crippen LogP contribution in [0.1, 0.15) is 15.9 Å². The predicted octanol–water partition coefficient (Wildman–Crippen LogP) is 2.05. The Morgan fingerprint density at radius 3 is 2.50 bits per heavy atom. The van der Waals surface area contributed by atoms with Crippen LogP contribution in [0.15, 0.2) is 47.6 Å². The van der Waals surface area contributed by atoms with E-state index in [4.69, 9.17) is 15.2 Å². The van der Waals surface area contributed by atoms with Gasteiger partial charge in [0.05, 0.1) is 20.4 Å². The number of methoxy groups -OCH3 is 2. The summed E-state index contributed by atoms with van der Waals surface area (Å²) in [6.07, 6.45) is 1.50. The third kappa shape index (κ3) is 3.76. The molecule has 0 unspecified atom stereocenters. The van der Waals surface area contributed by atoms with Crippen molar-refractivity contribution in [1.29, 1.82) is 0 Å². The van der Waals surface area contributed by atoms with E-state index in [9.17, 15) is 4.79 Å². The molecule has 114 valence electrons. The Labute approximate surface area is 128 Å². The second-order valence-electron chi connectivity index (χ2n) is 4.43. The first-order chi connectivity index (χ1) is 10.6. The minimum atomic E-state index is -0.321. The Bertz CT molecular complexity index is 682. The number of hydrogen-bond acceptors (Lipinski definition) is 5. The average molecular weight is 299 g/mol. The third-order valence-corrected chi connectivity index (χ3v) is 2.98. The van der Waals surface area contributed by atoms with Gasteiger partial charge in [-0.2, -0.15) is 5.10 Å². The number of rotatable bonds is 5. The quantitative estimate of drug-likeness (QED) is 0.502. The van der Waals surface area contributed by atoms with Crippen molar-refractivity contribution >= 4 is 17.8 Å².